The van der Waals surface area contributed by atoms with Crippen LogP contribution in [-0.4, -0.2) is 14.7 Å². The molecule has 0 amide bonds. The minimum atomic E-state index is -0.836. The number of fused-ring (bicyclic) bond motifs is 1. The third-order valence-corrected chi connectivity index (χ3v) is 6.50. The van der Waals surface area contributed by atoms with Gasteiger partial charge in [0.15, 0.2) is 0 Å². The Morgan fingerprint density at radius 1 is 0.788 bits per heavy atom. The van der Waals surface area contributed by atoms with E-state index in [1.807, 2.05) is 59.3 Å². The zero-order chi connectivity index (χ0) is 22.8. The molecule has 0 saturated carbocycles. The average Bonchev–Trinajstić information content (AvgIpc) is 3.25. The van der Waals surface area contributed by atoms with Crippen LogP contribution in [0.4, 0.5) is 5.69 Å². The fourth-order valence-electron chi connectivity index (χ4n) is 4.54. The molecule has 1 aromatic heterocycles. The van der Waals surface area contributed by atoms with E-state index >= 15 is 0 Å². The van der Waals surface area contributed by atoms with Gasteiger partial charge in [0.25, 0.3) is 5.69 Å². The van der Waals surface area contributed by atoms with Crippen molar-refractivity contribution in [2.75, 3.05) is 0 Å². The van der Waals surface area contributed by atoms with Crippen LogP contribution in [0.2, 0.25) is 0 Å². The molecule has 1 heterocycles. The van der Waals surface area contributed by atoms with Crippen molar-refractivity contribution in [1.29, 1.82) is 0 Å². The van der Waals surface area contributed by atoms with Gasteiger partial charge in [0.1, 0.15) is 5.54 Å². The molecule has 0 saturated heterocycles. The van der Waals surface area contributed by atoms with Crippen LogP contribution in [0.15, 0.2) is 109 Å². The number of non-ortho nitro benzene ring substituents is 1. The van der Waals surface area contributed by atoms with E-state index in [1.54, 1.807) is 12.1 Å². The number of alkyl halides is 1. The van der Waals surface area contributed by atoms with Crippen molar-refractivity contribution >= 4 is 32.5 Å². The predicted octanol–water partition coefficient (Wildman–Crippen LogP) is 6.68. The van der Waals surface area contributed by atoms with Gasteiger partial charge in [-0.15, -0.1) is 0 Å². The van der Waals surface area contributed by atoms with Gasteiger partial charge in [-0.2, -0.15) is 5.10 Å². The van der Waals surface area contributed by atoms with Crippen molar-refractivity contribution in [3.63, 3.8) is 0 Å². The number of hydrogen-bond acceptors (Lipinski definition) is 3. The van der Waals surface area contributed by atoms with Crippen LogP contribution in [0.3, 0.4) is 0 Å². The molecule has 162 valence electrons. The van der Waals surface area contributed by atoms with E-state index in [1.165, 1.54) is 6.07 Å². The Bertz CT molecular complexity index is 1320. The predicted molar refractivity (Wildman–Crippen MR) is 134 cm³/mol. The van der Waals surface area contributed by atoms with Crippen LogP contribution in [-0.2, 0) is 10.9 Å². The summed E-state index contributed by atoms with van der Waals surface area (Å²) in [6.45, 7) is 0. The van der Waals surface area contributed by atoms with Crippen molar-refractivity contribution < 1.29 is 4.92 Å². The Kier molecular flexibility index (Phi) is 5.52. The highest BCUT2D eigenvalue weighted by atomic mass is 79.9. The quantitative estimate of drug-likeness (QED) is 0.114. The van der Waals surface area contributed by atoms with Gasteiger partial charge in [-0.05, 0) is 22.8 Å². The van der Waals surface area contributed by atoms with Crippen molar-refractivity contribution in [3.05, 3.63) is 142 Å². The molecule has 5 nitrogen and oxygen atoms in total. The molecule has 0 bridgehead atoms. The number of nitrogens with zero attached hydrogens (tertiary/aromatic N) is 3. The monoisotopic (exact) mass is 497 g/mol. The van der Waals surface area contributed by atoms with Gasteiger partial charge < -0.3 is 0 Å². The number of aromatic nitrogens is 2. The summed E-state index contributed by atoms with van der Waals surface area (Å²) >= 11 is 3.57. The minimum Gasteiger partial charge on any atom is -0.258 e. The SMILES string of the molecule is O=[N+]([O-])c1ccc2c(CBr)nn(C(c3ccccc3)(c3ccccc3)c3ccccc3)c2c1. The summed E-state index contributed by atoms with van der Waals surface area (Å²) in [4.78, 5) is 11.3. The summed E-state index contributed by atoms with van der Waals surface area (Å²) in [7, 11) is 0. The number of halogens is 1. The fraction of sp³-hybridized carbons (Fsp3) is 0.0741. The molecule has 33 heavy (non-hydrogen) atoms. The summed E-state index contributed by atoms with van der Waals surface area (Å²) in [6, 6.07) is 35.5. The average molecular weight is 498 g/mol. The van der Waals surface area contributed by atoms with Crippen molar-refractivity contribution in [3.8, 4) is 0 Å². The Balaban J connectivity index is 1.99. The van der Waals surface area contributed by atoms with E-state index in [4.69, 9.17) is 5.10 Å². The number of hydrogen-bond donors (Lipinski definition) is 0. The second-order valence-corrected chi connectivity index (χ2v) is 8.32. The molecule has 0 radical (unpaired) electrons. The first-order valence-corrected chi connectivity index (χ1v) is 11.7. The third-order valence-electron chi connectivity index (χ3n) is 5.97. The fourth-order valence-corrected chi connectivity index (χ4v) is 4.95. The summed E-state index contributed by atoms with van der Waals surface area (Å²) in [6.07, 6.45) is 0. The normalized spacial score (nSPS) is 11.5. The van der Waals surface area contributed by atoms with E-state index in [-0.39, 0.29) is 10.6 Å². The summed E-state index contributed by atoms with van der Waals surface area (Å²) < 4.78 is 1.95. The molecule has 0 aliphatic carbocycles. The lowest BCUT2D eigenvalue weighted by Gasteiger charge is -2.37. The molecule has 0 aliphatic heterocycles. The summed E-state index contributed by atoms with van der Waals surface area (Å²) in [5.41, 5.74) is 3.77. The van der Waals surface area contributed by atoms with Crippen LogP contribution in [0.25, 0.3) is 10.9 Å². The Labute approximate surface area is 199 Å². The molecule has 0 N–H and O–H groups in total. The Morgan fingerprint density at radius 3 is 1.70 bits per heavy atom. The first-order chi connectivity index (χ1) is 16.2. The van der Waals surface area contributed by atoms with Gasteiger partial charge >= 0.3 is 0 Å². The number of nitro groups is 1. The number of benzene rings is 4. The van der Waals surface area contributed by atoms with Crippen molar-refractivity contribution in [1.82, 2.24) is 9.78 Å². The molecule has 0 atom stereocenters. The van der Waals surface area contributed by atoms with Gasteiger partial charge in [0.2, 0.25) is 0 Å². The maximum absolute atomic E-state index is 11.7. The van der Waals surface area contributed by atoms with Crippen LogP contribution < -0.4 is 0 Å². The third kappa shape index (κ3) is 3.43. The number of rotatable bonds is 6. The van der Waals surface area contributed by atoms with E-state index in [2.05, 4.69) is 52.3 Å². The zero-order valence-corrected chi connectivity index (χ0v) is 19.2. The minimum absolute atomic E-state index is 0.0351. The van der Waals surface area contributed by atoms with E-state index < -0.39 is 5.54 Å². The molecular weight excluding hydrogens is 478 g/mol. The topological polar surface area (TPSA) is 61.0 Å². The lowest BCUT2D eigenvalue weighted by molar-refractivity contribution is -0.384. The summed E-state index contributed by atoms with van der Waals surface area (Å²) in [5.74, 6) is 0. The Hall–Kier alpha value is -3.77. The largest absolute Gasteiger partial charge is 0.271 e. The van der Waals surface area contributed by atoms with Gasteiger partial charge in [0.05, 0.1) is 16.1 Å². The van der Waals surface area contributed by atoms with E-state index in [9.17, 15) is 10.1 Å². The van der Waals surface area contributed by atoms with Crippen LogP contribution in [0, 0.1) is 10.1 Å². The van der Waals surface area contributed by atoms with Crippen molar-refractivity contribution in [2.24, 2.45) is 0 Å². The first kappa shape index (κ1) is 21.1. The molecule has 0 unspecified atom stereocenters. The van der Waals surface area contributed by atoms with E-state index in [0.717, 1.165) is 27.8 Å². The zero-order valence-electron chi connectivity index (χ0n) is 17.6. The standard InChI is InChI=1S/C27H20BrN3O2/c28-19-25-24-17-16-23(31(32)33)18-26(24)30(29-25)27(20-10-4-1-5-11-20,21-12-6-2-7-13-21)22-14-8-3-9-15-22/h1-18H,19H2. The van der Waals surface area contributed by atoms with Gasteiger partial charge in [0, 0.05) is 22.8 Å². The van der Waals surface area contributed by atoms with Gasteiger partial charge in [-0.3, -0.25) is 10.1 Å². The molecular formula is C27H20BrN3O2. The van der Waals surface area contributed by atoms with Gasteiger partial charge in [-0.1, -0.05) is 107 Å². The first-order valence-electron chi connectivity index (χ1n) is 10.6. The van der Waals surface area contributed by atoms with Crippen molar-refractivity contribution in [2.45, 2.75) is 10.9 Å². The smallest absolute Gasteiger partial charge is 0.258 e. The Morgan fingerprint density at radius 2 is 1.27 bits per heavy atom. The molecule has 5 aromatic rings. The lowest BCUT2D eigenvalue weighted by atomic mass is 9.77. The van der Waals surface area contributed by atoms with Gasteiger partial charge in [-0.25, -0.2) is 4.68 Å². The van der Waals surface area contributed by atoms with E-state index in [0.29, 0.717) is 10.8 Å². The molecule has 4 aromatic carbocycles. The lowest BCUT2D eigenvalue weighted by Crippen LogP contribution is -2.38. The van der Waals surface area contributed by atoms with Crippen LogP contribution in [0.5, 0.6) is 0 Å². The summed E-state index contributed by atoms with van der Waals surface area (Å²) in [5, 5.41) is 18.1. The molecule has 0 aliphatic rings. The molecule has 0 fully saturated rings. The molecule has 5 rings (SSSR count). The second kappa shape index (κ2) is 8.64. The maximum Gasteiger partial charge on any atom is 0.271 e. The van der Waals surface area contributed by atoms with Crippen LogP contribution in [0.1, 0.15) is 22.4 Å². The van der Waals surface area contributed by atoms with Crippen LogP contribution >= 0.6 is 15.9 Å². The molecule has 6 heteroatoms. The highest BCUT2D eigenvalue weighted by Crippen LogP contribution is 2.43. The second-order valence-electron chi connectivity index (χ2n) is 7.76. The highest BCUT2D eigenvalue weighted by Gasteiger charge is 2.41. The number of nitro benzene ring substituents is 1. The maximum atomic E-state index is 11.7. The highest BCUT2D eigenvalue weighted by molar-refractivity contribution is 9.08. The molecule has 0 spiro atoms.